The zero-order chi connectivity index (χ0) is 11.5. The number of rotatable bonds is 1. The van der Waals surface area contributed by atoms with Crippen LogP contribution in [0.5, 0.6) is 0 Å². The highest BCUT2D eigenvalue weighted by Gasteiger charge is 2.10. The maximum atomic E-state index is 13.6. The second-order valence-electron chi connectivity index (χ2n) is 3.44. The quantitative estimate of drug-likeness (QED) is 0.728. The largest absolute Gasteiger partial charge is 0.252 e. The number of nitriles is 1. The summed E-state index contributed by atoms with van der Waals surface area (Å²) in [5.41, 5.74) is 1.91. The summed E-state index contributed by atoms with van der Waals surface area (Å²) < 4.78 is 13.6. The topological polar surface area (TPSA) is 36.7 Å². The molecule has 2 rings (SSSR count). The van der Waals surface area contributed by atoms with Gasteiger partial charge in [-0.15, -0.1) is 0 Å². The van der Waals surface area contributed by atoms with Gasteiger partial charge >= 0.3 is 0 Å². The van der Waals surface area contributed by atoms with Gasteiger partial charge in [0.25, 0.3) is 0 Å². The van der Waals surface area contributed by atoms with E-state index in [4.69, 9.17) is 5.26 Å². The Morgan fingerprint density at radius 2 is 1.94 bits per heavy atom. The van der Waals surface area contributed by atoms with Crippen LogP contribution in [0.25, 0.3) is 11.3 Å². The second-order valence-corrected chi connectivity index (χ2v) is 3.44. The van der Waals surface area contributed by atoms with Crippen molar-refractivity contribution >= 4 is 0 Å². The zero-order valence-corrected chi connectivity index (χ0v) is 8.74. The predicted molar refractivity (Wildman–Crippen MR) is 59.1 cm³/mol. The Kier molecular flexibility index (Phi) is 2.65. The van der Waals surface area contributed by atoms with Crippen LogP contribution in [-0.2, 0) is 0 Å². The number of hydrogen-bond donors (Lipinski definition) is 0. The van der Waals surface area contributed by atoms with Gasteiger partial charge in [-0.05, 0) is 31.2 Å². The van der Waals surface area contributed by atoms with Crippen molar-refractivity contribution in [3.63, 3.8) is 0 Å². The Bertz CT molecular complexity index is 570. The van der Waals surface area contributed by atoms with Crippen molar-refractivity contribution in [2.24, 2.45) is 0 Å². The van der Waals surface area contributed by atoms with Crippen LogP contribution >= 0.6 is 0 Å². The lowest BCUT2D eigenvalue weighted by atomic mass is 10.1. The van der Waals surface area contributed by atoms with E-state index < -0.39 is 0 Å². The summed E-state index contributed by atoms with van der Waals surface area (Å²) >= 11 is 0. The lowest BCUT2D eigenvalue weighted by Gasteiger charge is -2.05. The number of aromatic nitrogens is 1. The summed E-state index contributed by atoms with van der Waals surface area (Å²) in [6.07, 6.45) is 0. The monoisotopic (exact) mass is 212 g/mol. The molecule has 0 saturated heterocycles. The van der Waals surface area contributed by atoms with Gasteiger partial charge < -0.3 is 0 Å². The fourth-order valence-corrected chi connectivity index (χ4v) is 1.51. The Balaban J connectivity index is 2.69. The first kappa shape index (κ1) is 10.3. The molecule has 0 aliphatic rings. The molecule has 0 fully saturated rings. The van der Waals surface area contributed by atoms with Crippen molar-refractivity contribution in [3.8, 4) is 17.3 Å². The molecule has 2 nitrogen and oxygen atoms in total. The molecule has 3 heteroatoms. The molecule has 0 aliphatic heterocycles. The Hall–Kier alpha value is -2.21. The van der Waals surface area contributed by atoms with E-state index in [0.717, 1.165) is 5.69 Å². The smallest absolute Gasteiger partial charge is 0.132 e. The van der Waals surface area contributed by atoms with Gasteiger partial charge in [-0.1, -0.05) is 12.1 Å². The molecule has 1 heterocycles. The molecule has 0 N–H and O–H groups in total. The molecule has 0 radical (unpaired) electrons. The van der Waals surface area contributed by atoms with E-state index in [1.807, 2.05) is 13.0 Å². The van der Waals surface area contributed by atoms with Gasteiger partial charge in [0.05, 0.1) is 11.3 Å². The van der Waals surface area contributed by atoms with Gasteiger partial charge in [-0.25, -0.2) is 4.39 Å². The summed E-state index contributed by atoms with van der Waals surface area (Å²) in [7, 11) is 0. The molecule has 0 bridgehead atoms. The van der Waals surface area contributed by atoms with Gasteiger partial charge in [0.1, 0.15) is 11.9 Å². The van der Waals surface area contributed by atoms with Crippen LogP contribution in [0.15, 0.2) is 36.4 Å². The summed E-state index contributed by atoms with van der Waals surface area (Å²) in [6, 6.07) is 11.7. The Labute approximate surface area is 93.0 Å². The minimum atomic E-state index is -0.364. The number of aryl methyl sites for hydroxylation is 1. The fraction of sp³-hybridized carbons (Fsp3) is 0.0769. The molecule has 1 aromatic carbocycles. The third-order valence-corrected chi connectivity index (χ3v) is 2.28. The molecular weight excluding hydrogens is 203 g/mol. The molecule has 16 heavy (non-hydrogen) atoms. The van der Waals surface area contributed by atoms with E-state index in [9.17, 15) is 4.39 Å². The van der Waals surface area contributed by atoms with Crippen LogP contribution in [0.4, 0.5) is 4.39 Å². The van der Waals surface area contributed by atoms with Gasteiger partial charge in [0, 0.05) is 11.3 Å². The molecule has 0 unspecified atom stereocenters. The van der Waals surface area contributed by atoms with Gasteiger partial charge in [-0.3, -0.25) is 4.98 Å². The van der Waals surface area contributed by atoms with Gasteiger partial charge in [0.15, 0.2) is 0 Å². The summed E-state index contributed by atoms with van der Waals surface area (Å²) in [5, 5.41) is 8.95. The molecule has 0 aliphatic carbocycles. The average Bonchev–Trinajstić information content (AvgIpc) is 2.29. The lowest BCUT2D eigenvalue weighted by Crippen LogP contribution is -1.93. The van der Waals surface area contributed by atoms with Crippen molar-refractivity contribution in [1.82, 2.24) is 4.98 Å². The Morgan fingerprint density at radius 3 is 2.62 bits per heavy atom. The molecular formula is C13H9FN2. The lowest BCUT2D eigenvalue weighted by molar-refractivity contribution is 0.630. The number of benzene rings is 1. The maximum absolute atomic E-state index is 13.6. The summed E-state index contributed by atoms with van der Waals surface area (Å²) in [4.78, 5) is 4.21. The molecule has 1 aromatic heterocycles. The number of pyridine rings is 1. The highest BCUT2D eigenvalue weighted by Crippen LogP contribution is 2.24. The minimum Gasteiger partial charge on any atom is -0.252 e. The molecule has 2 aromatic rings. The van der Waals surface area contributed by atoms with Gasteiger partial charge in [0.2, 0.25) is 0 Å². The first-order valence-corrected chi connectivity index (χ1v) is 4.85. The molecule has 0 spiro atoms. The van der Waals surface area contributed by atoms with Gasteiger partial charge in [-0.2, -0.15) is 5.26 Å². The second kappa shape index (κ2) is 4.11. The SMILES string of the molecule is Cc1ccc(C#N)c(-c2ccccc2F)n1. The van der Waals surface area contributed by atoms with Crippen LogP contribution in [-0.4, -0.2) is 4.98 Å². The molecule has 78 valence electrons. The van der Waals surface area contributed by atoms with Crippen molar-refractivity contribution in [2.75, 3.05) is 0 Å². The van der Waals surface area contributed by atoms with E-state index in [1.54, 1.807) is 30.3 Å². The first-order valence-electron chi connectivity index (χ1n) is 4.85. The number of halogens is 1. The van der Waals surface area contributed by atoms with Crippen LogP contribution in [0.2, 0.25) is 0 Å². The standard InChI is InChI=1S/C13H9FN2/c1-9-6-7-10(8-15)13(16-9)11-4-2-3-5-12(11)14/h2-7H,1H3. The molecule has 0 amide bonds. The van der Waals surface area contributed by atoms with E-state index >= 15 is 0 Å². The highest BCUT2D eigenvalue weighted by atomic mass is 19.1. The third kappa shape index (κ3) is 1.78. The van der Waals surface area contributed by atoms with Crippen molar-refractivity contribution < 1.29 is 4.39 Å². The van der Waals surface area contributed by atoms with E-state index in [0.29, 0.717) is 16.8 Å². The van der Waals surface area contributed by atoms with Crippen LogP contribution in [0, 0.1) is 24.1 Å². The van der Waals surface area contributed by atoms with Crippen molar-refractivity contribution in [2.45, 2.75) is 6.92 Å². The molecule has 0 atom stereocenters. The number of nitrogens with zero attached hydrogens (tertiary/aromatic N) is 2. The Morgan fingerprint density at radius 1 is 1.19 bits per heavy atom. The van der Waals surface area contributed by atoms with E-state index in [2.05, 4.69) is 4.98 Å². The minimum absolute atomic E-state index is 0.364. The highest BCUT2D eigenvalue weighted by molar-refractivity contribution is 5.67. The maximum Gasteiger partial charge on any atom is 0.132 e. The first-order chi connectivity index (χ1) is 7.72. The third-order valence-electron chi connectivity index (χ3n) is 2.28. The summed E-state index contributed by atoms with van der Waals surface area (Å²) in [5.74, 6) is -0.364. The summed E-state index contributed by atoms with van der Waals surface area (Å²) in [6.45, 7) is 1.81. The normalized spacial score (nSPS) is 9.81. The van der Waals surface area contributed by atoms with E-state index in [-0.39, 0.29) is 5.82 Å². The molecule has 0 saturated carbocycles. The van der Waals surface area contributed by atoms with Crippen molar-refractivity contribution in [1.29, 1.82) is 5.26 Å². The zero-order valence-electron chi connectivity index (χ0n) is 8.74. The average molecular weight is 212 g/mol. The number of hydrogen-bond acceptors (Lipinski definition) is 2. The van der Waals surface area contributed by atoms with Crippen molar-refractivity contribution in [3.05, 3.63) is 53.5 Å². The van der Waals surface area contributed by atoms with Crippen LogP contribution in [0.1, 0.15) is 11.3 Å². The fourth-order valence-electron chi connectivity index (χ4n) is 1.51. The van der Waals surface area contributed by atoms with E-state index in [1.165, 1.54) is 6.07 Å². The van der Waals surface area contributed by atoms with Crippen LogP contribution < -0.4 is 0 Å². The van der Waals surface area contributed by atoms with Crippen LogP contribution in [0.3, 0.4) is 0 Å². The predicted octanol–water partition coefficient (Wildman–Crippen LogP) is 3.07.